The molecule has 0 aromatic carbocycles. The van der Waals surface area contributed by atoms with E-state index in [0.29, 0.717) is 11.7 Å². The fourth-order valence-electron chi connectivity index (χ4n) is 2.21. The van der Waals surface area contributed by atoms with Gasteiger partial charge in [0, 0.05) is 52.5 Å². The summed E-state index contributed by atoms with van der Waals surface area (Å²) in [7, 11) is 1.59. The Bertz CT molecular complexity index is 463. The van der Waals surface area contributed by atoms with E-state index in [0.717, 1.165) is 38.4 Å². The highest BCUT2D eigenvalue weighted by atomic mass is 35.5. The molecule has 6 nitrogen and oxygen atoms in total. The number of pyridine rings is 1. The Hall–Kier alpha value is -1.53. The molecule has 2 rings (SSSR count). The molecule has 20 heavy (non-hydrogen) atoms. The fourth-order valence-corrected chi connectivity index (χ4v) is 2.45. The third-order valence-electron chi connectivity index (χ3n) is 3.53. The molecule has 0 bridgehead atoms. The molecule has 1 fully saturated rings. The topological polar surface area (TPSA) is 59.9 Å². The van der Waals surface area contributed by atoms with Crippen molar-refractivity contribution >= 4 is 23.4 Å². The number of amides is 1. The third-order valence-corrected chi connectivity index (χ3v) is 3.82. The van der Waals surface area contributed by atoms with Crippen LogP contribution in [0.2, 0.25) is 5.15 Å². The molecule has 1 N–H and O–H groups in total. The molecule has 110 valence electrons. The first-order valence-corrected chi connectivity index (χ1v) is 6.97. The molecular weight excluding hydrogens is 280 g/mol. The average Bonchev–Trinajstić information content (AvgIpc) is 2.46. The summed E-state index contributed by atoms with van der Waals surface area (Å²) in [6.07, 6.45) is 0.801. The van der Waals surface area contributed by atoms with Crippen molar-refractivity contribution in [2.24, 2.45) is 0 Å². The Morgan fingerprint density at radius 3 is 2.75 bits per heavy atom. The number of likely N-dealkylation sites (N-methyl/N-ethyl adjacent to an activating group) is 1. The van der Waals surface area contributed by atoms with E-state index in [1.165, 1.54) is 4.90 Å². The van der Waals surface area contributed by atoms with E-state index in [4.69, 9.17) is 16.7 Å². The predicted octanol–water partition coefficient (Wildman–Crippen LogP) is 1.47. The molecule has 1 aliphatic rings. The zero-order chi connectivity index (χ0) is 14.5. The zero-order valence-corrected chi connectivity index (χ0v) is 12.3. The van der Waals surface area contributed by atoms with E-state index in [9.17, 15) is 4.79 Å². The molecule has 0 radical (unpaired) electrons. The van der Waals surface area contributed by atoms with Crippen molar-refractivity contribution in [3.05, 3.63) is 23.5 Å². The summed E-state index contributed by atoms with van der Waals surface area (Å²) in [4.78, 5) is 20.6. The summed E-state index contributed by atoms with van der Waals surface area (Å²) in [6, 6.07) is 3.86. The van der Waals surface area contributed by atoms with Crippen LogP contribution in [0.4, 0.5) is 10.5 Å². The lowest BCUT2D eigenvalue weighted by atomic mass is 10.2. The van der Waals surface area contributed by atoms with Crippen molar-refractivity contribution in [3.8, 4) is 0 Å². The number of nitrogens with zero attached hydrogens (tertiary/aromatic N) is 4. The van der Waals surface area contributed by atoms with Crippen LogP contribution in [0.25, 0.3) is 0 Å². The molecule has 0 unspecified atom stereocenters. The lowest BCUT2D eigenvalue weighted by Gasteiger charge is -2.36. The number of carboxylic acid groups (broad SMARTS) is 1. The third kappa shape index (κ3) is 3.74. The minimum Gasteiger partial charge on any atom is -0.465 e. The van der Waals surface area contributed by atoms with Crippen molar-refractivity contribution in [1.29, 1.82) is 0 Å². The van der Waals surface area contributed by atoms with Gasteiger partial charge in [0.25, 0.3) is 0 Å². The lowest BCUT2D eigenvalue weighted by molar-refractivity contribution is 0.146. The summed E-state index contributed by atoms with van der Waals surface area (Å²) in [6.45, 7) is 4.85. The highest BCUT2D eigenvalue weighted by molar-refractivity contribution is 6.32. The number of piperazine rings is 1. The smallest absolute Gasteiger partial charge is 0.407 e. The lowest BCUT2D eigenvalue weighted by Crippen LogP contribution is -2.48. The van der Waals surface area contributed by atoms with Gasteiger partial charge in [-0.1, -0.05) is 11.6 Å². The molecule has 0 atom stereocenters. The number of halogens is 1. The highest BCUT2D eigenvalue weighted by Crippen LogP contribution is 2.23. The van der Waals surface area contributed by atoms with E-state index >= 15 is 0 Å². The van der Waals surface area contributed by atoms with Gasteiger partial charge in [-0.15, -0.1) is 0 Å². The molecule has 0 aliphatic carbocycles. The van der Waals surface area contributed by atoms with Crippen molar-refractivity contribution in [2.45, 2.75) is 0 Å². The first kappa shape index (κ1) is 14.9. The number of hydrogen-bond donors (Lipinski definition) is 1. The van der Waals surface area contributed by atoms with Crippen LogP contribution in [-0.2, 0) is 0 Å². The van der Waals surface area contributed by atoms with Crippen molar-refractivity contribution < 1.29 is 9.90 Å². The minimum atomic E-state index is -0.884. The van der Waals surface area contributed by atoms with Gasteiger partial charge in [-0.25, -0.2) is 9.78 Å². The Kier molecular flexibility index (Phi) is 5.03. The van der Waals surface area contributed by atoms with Gasteiger partial charge in [0.2, 0.25) is 0 Å². The molecule has 1 aromatic heterocycles. The van der Waals surface area contributed by atoms with E-state index in [2.05, 4.69) is 14.8 Å². The van der Waals surface area contributed by atoms with Gasteiger partial charge in [0.1, 0.15) is 0 Å². The van der Waals surface area contributed by atoms with Gasteiger partial charge in [-0.05, 0) is 12.1 Å². The molecule has 2 heterocycles. The van der Waals surface area contributed by atoms with Crippen LogP contribution in [0.1, 0.15) is 0 Å². The van der Waals surface area contributed by atoms with Crippen LogP contribution in [-0.4, -0.2) is 72.3 Å². The first-order chi connectivity index (χ1) is 9.58. The minimum absolute atomic E-state index is 0.531. The number of aromatic nitrogens is 1. The van der Waals surface area contributed by atoms with E-state index in [1.807, 2.05) is 12.1 Å². The molecule has 1 amide bonds. The van der Waals surface area contributed by atoms with Gasteiger partial charge in [0.05, 0.1) is 5.69 Å². The summed E-state index contributed by atoms with van der Waals surface area (Å²) in [5.41, 5.74) is 0.969. The fraction of sp³-hybridized carbons (Fsp3) is 0.538. The molecular formula is C13H19ClN4O2. The van der Waals surface area contributed by atoms with Gasteiger partial charge in [0.15, 0.2) is 5.15 Å². The molecule has 1 saturated heterocycles. The highest BCUT2D eigenvalue weighted by Gasteiger charge is 2.19. The number of carbonyl (C=O) groups is 1. The Morgan fingerprint density at radius 2 is 2.15 bits per heavy atom. The number of rotatable bonds is 4. The van der Waals surface area contributed by atoms with Crippen molar-refractivity contribution in [3.63, 3.8) is 0 Å². The quantitative estimate of drug-likeness (QED) is 0.853. The van der Waals surface area contributed by atoms with Crippen LogP contribution in [0.5, 0.6) is 0 Å². The Balaban J connectivity index is 1.81. The van der Waals surface area contributed by atoms with Gasteiger partial charge in [-0.2, -0.15) is 0 Å². The molecule has 1 aliphatic heterocycles. The Labute approximate surface area is 123 Å². The van der Waals surface area contributed by atoms with E-state index < -0.39 is 6.09 Å². The summed E-state index contributed by atoms with van der Waals surface area (Å²) < 4.78 is 0. The van der Waals surface area contributed by atoms with Crippen LogP contribution in [0, 0.1) is 0 Å². The summed E-state index contributed by atoms with van der Waals surface area (Å²) in [5.74, 6) is 0. The largest absolute Gasteiger partial charge is 0.465 e. The molecule has 0 spiro atoms. The number of hydrogen-bond acceptors (Lipinski definition) is 4. The SMILES string of the molecule is CN(CCN1CCN(c2cccnc2Cl)CC1)C(=O)O. The molecule has 7 heteroatoms. The Morgan fingerprint density at radius 1 is 1.45 bits per heavy atom. The maximum Gasteiger partial charge on any atom is 0.407 e. The predicted molar refractivity (Wildman–Crippen MR) is 78.6 cm³/mol. The van der Waals surface area contributed by atoms with Crippen LogP contribution in [0.15, 0.2) is 18.3 Å². The van der Waals surface area contributed by atoms with Crippen LogP contribution < -0.4 is 4.90 Å². The second-order valence-corrected chi connectivity index (χ2v) is 5.20. The van der Waals surface area contributed by atoms with E-state index in [1.54, 1.807) is 13.2 Å². The normalized spacial score (nSPS) is 16.2. The first-order valence-electron chi connectivity index (χ1n) is 6.60. The van der Waals surface area contributed by atoms with Gasteiger partial charge >= 0.3 is 6.09 Å². The number of anilines is 1. The second-order valence-electron chi connectivity index (χ2n) is 4.85. The van der Waals surface area contributed by atoms with Crippen LogP contribution >= 0.6 is 11.6 Å². The zero-order valence-electron chi connectivity index (χ0n) is 11.5. The van der Waals surface area contributed by atoms with Crippen molar-refractivity contribution in [2.75, 3.05) is 51.2 Å². The summed E-state index contributed by atoms with van der Waals surface area (Å²) >= 11 is 6.09. The summed E-state index contributed by atoms with van der Waals surface area (Å²) in [5, 5.41) is 9.34. The van der Waals surface area contributed by atoms with E-state index in [-0.39, 0.29) is 0 Å². The average molecular weight is 299 g/mol. The molecule has 1 aromatic rings. The monoisotopic (exact) mass is 298 g/mol. The standard InChI is InChI=1S/C13H19ClN4O2/c1-16(13(19)20)5-6-17-7-9-18(10-8-17)11-3-2-4-15-12(11)14/h2-4H,5-10H2,1H3,(H,19,20). The second kappa shape index (κ2) is 6.76. The van der Waals surface area contributed by atoms with Crippen LogP contribution in [0.3, 0.4) is 0 Å². The van der Waals surface area contributed by atoms with Gasteiger partial charge < -0.3 is 14.9 Å². The van der Waals surface area contributed by atoms with Crippen molar-refractivity contribution in [1.82, 2.24) is 14.8 Å². The maximum absolute atomic E-state index is 10.7. The maximum atomic E-state index is 10.7. The van der Waals surface area contributed by atoms with Gasteiger partial charge in [-0.3, -0.25) is 4.90 Å². The molecule has 0 saturated carbocycles.